The first kappa shape index (κ1) is 13.7. The van der Waals surface area contributed by atoms with Crippen molar-refractivity contribution in [2.24, 2.45) is 0 Å². The Morgan fingerprint density at radius 3 is 2.90 bits per heavy atom. The topological polar surface area (TPSA) is 84.9 Å². The van der Waals surface area contributed by atoms with E-state index in [4.69, 9.17) is 26.2 Å². The Morgan fingerprint density at radius 1 is 1.33 bits per heavy atom. The van der Waals surface area contributed by atoms with Crippen LogP contribution in [-0.4, -0.2) is 23.8 Å². The fourth-order valence-electron chi connectivity index (χ4n) is 1.87. The highest BCUT2D eigenvalue weighted by atomic mass is 35.5. The summed E-state index contributed by atoms with van der Waals surface area (Å²) in [7, 11) is 0. The number of fused-ring (bicyclic) bond motifs is 1. The molecule has 2 N–H and O–H groups in total. The Bertz CT molecular complexity index is 742. The van der Waals surface area contributed by atoms with E-state index in [9.17, 15) is 9.59 Å². The minimum atomic E-state index is -1.09. The molecule has 1 aliphatic rings. The number of hydrogen-bond donors (Lipinski definition) is 2. The van der Waals surface area contributed by atoms with Gasteiger partial charge in [-0.25, -0.2) is 4.79 Å². The van der Waals surface area contributed by atoms with E-state index >= 15 is 0 Å². The van der Waals surface area contributed by atoms with Crippen molar-refractivity contribution in [3.8, 4) is 11.5 Å². The molecule has 1 aromatic carbocycles. The SMILES string of the molecule is O=C(Nc1ccsc1C(=O)O)c1cc(Cl)c2c(c1)OCO2. The fourth-order valence-corrected chi connectivity index (χ4v) is 2.82. The van der Waals surface area contributed by atoms with Gasteiger partial charge in [0.25, 0.3) is 5.91 Å². The largest absolute Gasteiger partial charge is 0.477 e. The summed E-state index contributed by atoms with van der Waals surface area (Å²) in [5, 5.41) is 13.4. The smallest absolute Gasteiger partial charge is 0.348 e. The maximum absolute atomic E-state index is 12.2. The number of halogens is 1. The molecule has 1 aromatic heterocycles. The highest BCUT2D eigenvalue weighted by molar-refractivity contribution is 7.12. The third kappa shape index (κ3) is 2.53. The van der Waals surface area contributed by atoms with Crippen LogP contribution in [-0.2, 0) is 0 Å². The minimum absolute atomic E-state index is 0.0494. The molecule has 2 aromatic rings. The normalized spacial score (nSPS) is 12.2. The van der Waals surface area contributed by atoms with E-state index in [1.54, 1.807) is 5.38 Å². The van der Waals surface area contributed by atoms with E-state index in [-0.39, 0.29) is 27.9 Å². The molecule has 2 heterocycles. The highest BCUT2D eigenvalue weighted by Crippen LogP contribution is 2.40. The van der Waals surface area contributed by atoms with Gasteiger partial charge in [-0.2, -0.15) is 0 Å². The Morgan fingerprint density at radius 2 is 2.14 bits per heavy atom. The number of hydrogen-bond acceptors (Lipinski definition) is 5. The summed E-state index contributed by atoms with van der Waals surface area (Å²) in [5.41, 5.74) is 0.498. The van der Waals surface area contributed by atoms with Crippen molar-refractivity contribution >= 4 is 40.5 Å². The lowest BCUT2D eigenvalue weighted by Crippen LogP contribution is -2.13. The van der Waals surface area contributed by atoms with Crippen molar-refractivity contribution < 1.29 is 24.2 Å². The van der Waals surface area contributed by atoms with E-state index in [2.05, 4.69) is 5.32 Å². The first-order valence-corrected chi connectivity index (χ1v) is 7.03. The number of carboxylic acid groups (broad SMARTS) is 1. The van der Waals surface area contributed by atoms with Gasteiger partial charge in [0.15, 0.2) is 11.5 Å². The molecule has 0 radical (unpaired) electrons. The van der Waals surface area contributed by atoms with Gasteiger partial charge in [-0.15, -0.1) is 11.3 Å². The fraction of sp³-hybridized carbons (Fsp3) is 0.0769. The molecule has 0 unspecified atom stereocenters. The number of carbonyl (C=O) groups is 2. The summed E-state index contributed by atoms with van der Waals surface area (Å²) < 4.78 is 10.3. The number of amides is 1. The quantitative estimate of drug-likeness (QED) is 0.905. The van der Waals surface area contributed by atoms with E-state index < -0.39 is 11.9 Å². The van der Waals surface area contributed by atoms with Gasteiger partial charge in [0.1, 0.15) is 4.88 Å². The molecule has 1 aliphatic heterocycles. The van der Waals surface area contributed by atoms with E-state index in [0.29, 0.717) is 11.5 Å². The van der Waals surface area contributed by atoms with Gasteiger partial charge in [0.2, 0.25) is 6.79 Å². The van der Waals surface area contributed by atoms with Gasteiger partial charge in [0.05, 0.1) is 10.7 Å². The number of aromatic carboxylic acids is 1. The van der Waals surface area contributed by atoms with Crippen LogP contribution < -0.4 is 14.8 Å². The van der Waals surface area contributed by atoms with Gasteiger partial charge in [0, 0.05) is 5.56 Å². The number of nitrogens with one attached hydrogen (secondary N) is 1. The molecule has 0 fully saturated rings. The van der Waals surface area contributed by atoms with E-state index in [0.717, 1.165) is 11.3 Å². The summed E-state index contributed by atoms with van der Waals surface area (Å²) in [6, 6.07) is 4.47. The van der Waals surface area contributed by atoms with Crippen LogP contribution in [0.2, 0.25) is 5.02 Å². The van der Waals surface area contributed by atoms with Crippen molar-refractivity contribution in [3.05, 3.63) is 39.0 Å². The van der Waals surface area contributed by atoms with E-state index in [1.807, 2.05) is 0 Å². The molecule has 0 spiro atoms. The lowest BCUT2D eigenvalue weighted by Gasteiger charge is -2.06. The van der Waals surface area contributed by atoms with Crippen molar-refractivity contribution in [3.63, 3.8) is 0 Å². The number of carbonyl (C=O) groups excluding carboxylic acids is 1. The van der Waals surface area contributed by atoms with Crippen molar-refractivity contribution in [1.29, 1.82) is 0 Å². The summed E-state index contributed by atoms with van der Waals surface area (Å²) in [6.45, 7) is 0.0494. The molecule has 6 nitrogen and oxygen atoms in total. The third-order valence-electron chi connectivity index (χ3n) is 2.80. The number of ether oxygens (including phenoxy) is 2. The van der Waals surface area contributed by atoms with Crippen molar-refractivity contribution in [2.75, 3.05) is 12.1 Å². The number of thiophene rings is 1. The van der Waals surface area contributed by atoms with Gasteiger partial charge < -0.3 is 19.9 Å². The Kier molecular flexibility index (Phi) is 3.44. The summed E-state index contributed by atoms with van der Waals surface area (Å²) in [5.74, 6) is -0.786. The maximum Gasteiger partial charge on any atom is 0.348 e. The number of benzene rings is 1. The average Bonchev–Trinajstić information content (AvgIpc) is 3.06. The van der Waals surface area contributed by atoms with Crippen LogP contribution in [0.5, 0.6) is 11.5 Å². The maximum atomic E-state index is 12.2. The van der Waals surface area contributed by atoms with Crippen LogP contribution in [0.15, 0.2) is 23.6 Å². The van der Waals surface area contributed by atoms with Crippen LogP contribution in [0, 0.1) is 0 Å². The molecule has 0 atom stereocenters. The zero-order chi connectivity index (χ0) is 15.0. The average molecular weight is 326 g/mol. The lowest BCUT2D eigenvalue weighted by atomic mass is 10.2. The second-order valence-electron chi connectivity index (χ2n) is 4.11. The predicted molar refractivity (Wildman–Crippen MR) is 76.8 cm³/mol. The molecule has 108 valence electrons. The molecule has 0 saturated heterocycles. The second-order valence-corrected chi connectivity index (χ2v) is 5.44. The molecule has 3 rings (SSSR count). The number of anilines is 1. The van der Waals surface area contributed by atoms with Crippen molar-refractivity contribution in [1.82, 2.24) is 0 Å². The Hall–Kier alpha value is -2.25. The van der Waals surface area contributed by atoms with Crippen LogP contribution in [0.4, 0.5) is 5.69 Å². The van der Waals surface area contributed by atoms with Crippen LogP contribution >= 0.6 is 22.9 Å². The Labute approximate surface area is 127 Å². The molecule has 0 saturated carbocycles. The molecular formula is C13H8ClNO5S. The summed E-state index contributed by atoms with van der Waals surface area (Å²) in [6.07, 6.45) is 0. The van der Waals surface area contributed by atoms with Crippen LogP contribution in [0.25, 0.3) is 0 Å². The monoisotopic (exact) mass is 325 g/mol. The number of carboxylic acids is 1. The van der Waals surface area contributed by atoms with Crippen LogP contribution in [0.3, 0.4) is 0 Å². The molecular weight excluding hydrogens is 318 g/mol. The third-order valence-corrected chi connectivity index (χ3v) is 3.98. The van der Waals surface area contributed by atoms with Crippen LogP contribution in [0.1, 0.15) is 20.0 Å². The predicted octanol–water partition coefficient (Wildman–Crippen LogP) is 3.08. The van der Waals surface area contributed by atoms with Crippen molar-refractivity contribution in [2.45, 2.75) is 0 Å². The first-order chi connectivity index (χ1) is 10.1. The van der Waals surface area contributed by atoms with Gasteiger partial charge >= 0.3 is 5.97 Å². The zero-order valence-electron chi connectivity index (χ0n) is 10.4. The lowest BCUT2D eigenvalue weighted by molar-refractivity contribution is 0.0703. The zero-order valence-corrected chi connectivity index (χ0v) is 12.0. The van der Waals surface area contributed by atoms with Gasteiger partial charge in [-0.1, -0.05) is 11.6 Å². The first-order valence-electron chi connectivity index (χ1n) is 5.77. The van der Waals surface area contributed by atoms with E-state index in [1.165, 1.54) is 18.2 Å². The molecule has 0 bridgehead atoms. The highest BCUT2D eigenvalue weighted by Gasteiger charge is 2.21. The Balaban J connectivity index is 1.88. The van der Waals surface area contributed by atoms with Gasteiger partial charge in [-0.05, 0) is 23.6 Å². The molecule has 1 amide bonds. The summed E-state index contributed by atoms with van der Waals surface area (Å²) in [4.78, 5) is 23.3. The summed E-state index contributed by atoms with van der Waals surface area (Å²) >= 11 is 7.04. The minimum Gasteiger partial charge on any atom is -0.477 e. The molecule has 0 aliphatic carbocycles. The van der Waals surface area contributed by atoms with Gasteiger partial charge in [-0.3, -0.25) is 4.79 Å². The second kappa shape index (κ2) is 5.27. The number of rotatable bonds is 3. The molecule has 21 heavy (non-hydrogen) atoms. The standard InChI is InChI=1S/C13H8ClNO5S/c14-7-3-6(4-9-10(7)20-5-19-9)12(16)15-8-1-2-21-11(8)13(17)18/h1-4H,5H2,(H,15,16)(H,17,18). The molecule has 8 heteroatoms.